The summed E-state index contributed by atoms with van der Waals surface area (Å²) in [5.41, 5.74) is 4.96. The highest BCUT2D eigenvalue weighted by Crippen LogP contribution is 2.33. The van der Waals surface area contributed by atoms with Gasteiger partial charge in [0.25, 0.3) is 5.91 Å². The third-order valence-electron chi connectivity index (χ3n) is 4.43. The second-order valence-electron chi connectivity index (χ2n) is 5.81. The number of carbonyl (C=O) groups excluding carboxylic acids is 1. The van der Waals surface area contributed by atoms with E-state index in [0.29, 0.717) is 5.69 Å². The number of hydrogen-bond acceptors (Lipinski definition) is 3. The minimum absolute atomic E-state index is 0.00801. The first kappa shape index (κ1) is 12.6. The molecule has 5 nitrogen and oxygen atoms in total. The third-order valence-corrected chi connectivity index (χ3v) is 4.43. The van der Waals surface area contributed by atoms with Crippen molar-refractivity contribution in [3.63, 3.8) is 0 Å². The van der Waals surface area contributed by atoms with Crippen LogP contribution in [0.1, 0.15) is 34.2 Å². The molecule has 108 valence electrons. The van der Waals surface area contributed by atoms with Crippen LogP contribution in [0.3, 0.4) is 0 Å². The van der Waals surface area contributed by atoms with Crippen LogP contribution in [0, 0.1) is 0 Å². The van der Waals surface area contributed by atoms with Crippen LogP contribution in [0.15, 0.2) is 24.3 Å². The van der Waals surface area contributed by atoms with Gasteiger partial charge in [-0.2, -0.15) is 5.10 Å². The zero-order valence-electron chi connectivity index (χ0n) is 12.0. The van der Waals surface area contributed by atoms with E-state index in [0.717, 1.165) is 42.9 Å². The molecular weight excluding hydrogens is 264 g/mol. The van der Waals surface area contributed by atoms with Gasteiger partial charge in [-0.25, -0.2) is 0 Å². The Balaban J connectivity index is 1.74. The molecule has 0 spiro atoms. The van der Waals surface area contributed by atoms with Crippen LogP contribution in [0.2, 0.25) is 0 Å². The summed E-state index contributed by atoms with van der Waals surface area (Å²) in [5, 5.41) is 10.6. The summed E-state index contributed by atoms with van der Waals surface area (Å²) in [7, 11) is 0. The van der Waals surface area contributed by atoms with Gasteiger partial charge in [0.05, 0.1) is 0 Å². The van der Waals surface area contributed by atoms with Gasteiger partial charge in [0.1, 0.15) is 0 Å². The second kappa shape index (κ2) is 4.70. The molecule has 2 aromatic rings. The standard InChI is InChI=1S/C16H18N4O/c1-10-8-11-4-2-3-5-14(11)20(10)16(21)15-12-9-17-7-6-13(12)18-19-15/h2-5,10,17H,6-9H2,1H3,(H,18,19). The van der Waals surface area contributed by atoms with Crippen molar-refractivity contribution in [2.45, 2.75) is 32.4 Å². The monoisotopic (exact) mass is 282 g/mol. The maximum absolute atomic E-state index is 13.0. The molecule has 1 unspecified atom stereocenters. The van der Waals surface area contributed by atoms with Crippen molar-refractivity contribution in [2.75, 3.05) is 11.4 Å². The normalized spacial score (nSPS) is 20.2. The number of aromatic nitrogens is 2. The zero-order chi connectivity index (χ0) is 14.4. The number of carbonyl (C=O) groups is 1. The fraction of sp³-hybridized carbons (Fsp3) is 0.375. The molecular formula is C16H18N4O. The highest BCUT2D eigenvalue weighted by atomic mass is 16.2. The zero-order valence-corrected chi connectivity index (χ0v) is 12.0. The Morgan fingerprint density at radius 2 is 2.24 bits per heavy atom. The Hall–Kier alpha value is -2.14. The molecule has 1 aromatic carbocycles. The first-order valence-electron chi connectivity index (χ1n) is 7.44. The van der Waals surface area contributed by atoms with Crippen molar-refractivity contribution in [3.8, 4) is 0 Å². The van der Waals surface area contributed by atoms with Gasteiger partial charge in [-0.3, -0.25) is 9.89 Å². The lowest BCUT2D eigenvalue weighted by Crippen LogP contribution is -2.37. The second-order valence-corrected chi connectivity index (χ2v) is 5.81. The number of nitrogens with zero attached hydrogens (tertiary/aromatic N) is 2. The molecule has 0 radical (unpaired) electrons. The Bertz CT molecular complexity index is 706. The van der Waals surface area contributed by atoms with Gasteiger partial charge < -0.3 is 10.2 Å². The Kier molecular flexibility index (Phi) is 2.82. The van der Waals surface area contributed by atoms with Crippen molar-refractivity contribution >= 4 is 11.6 Å². The van der Waals surface area contributed by atoms with E-state index in [4.69, 9.17) is 0 Å². The molecule has 2 aliphatic heterocycles. The number of fused-ring (bicyclic) bond motifs is 2. The van der Waals surface area contributed by atoms with Gasteiger partial charge in [-0.1, -0.05) is 18.2 Å². The summed E-state index contributed by atoms with van der Waals surface area (Å²) in [6, 6.07) is 8.31. The van der Waals surface area contributed by atoms with E-state index >= 15 is 0 Å². The van der Waals surface area contributed by atoms with Crippen LogP contribution in [-0.4, -0.2) is 28.7 Å². The largest absolute Gasteiger partial charge is 0.312 e. The first-order valence-corrected chi connectivity index (χ1v) is 7.44. The molecule has 0 aliphatic carbocycles. The van der Waals surface area contributed by atoms with Crippen LogP contribution in [-0.2, 0) is 19.4 Å². The van der Waals surface area contributed by atoms with Crippen LogP contribution in [0.5, 0.6) is 0 Å². The molecule has 2 aliphatic rings. The van der Waals surface area contributed by atoms with Crippen molar-refractivity contribution < 1.29 is 4.79 Å². The average Bonchev–Trinajstić information content (AvgIpc) is 3.06. The number of nitrogens with one attached hydrogen (secondary N) is 2. The van der Waals surface area contributed by atoms with Crippen LogP contribution < -0.4 is 10.2 Å². The summed E-state index contributed by atoms with van der Waals surface area (Å²) >= 11 is 0. The maximum Gasteiger partial charge on any atom is 0.279 e. The number of rotatable bonds is 1. The molecule has 5 heteroatoms. The number of benzene rings is 1. The lowest BCUT2D eigenvalue weighted by Gasteiger charge is -2.23. The Morgan fingerprint density at radius 1 is 1.38 bits per heavy atom. The summed E-state index contributed by atoms with van der Waals surface area (Å²) in [6.07, 6.45) is 1.81. The van der Waals surface area contributed by atoms with E-state index in [1.807, 2.05) is 23.1 Å². The summed E-state index contributed by atoms with van der Waals surface area (Å²) in [6.45, 7) is 3.75. The van der Waals surface area contributed by atoms with E-state index in [-0.39, 0.29) is 11.9 Å². The Labute approximate surface area is 123 Å². The molecule has 2 N–H and O–H groups in total. The predicted octanol–water partition coefficient (Wildman–Crippen LogP) is 1.65. The SMILES string of the molecule is CC1Cc2ccccc2N1C(=O)c1n[nH]c2c1CNCC2. The average molecular weight is 282 g/mol. The molecule has 0 saturated heterocycles. The highest BCUT2D eigenvalue weighted by molar-refractivity contribution is 6.07. The number of anilines is 1. The number of aromatic amines is 1. The molecule has 0 fully saturated rings. The van der Waals surface area contributed by atoms with E-state index < -0.39 is 0 Å². The van der Waals surface area contributed by atoms with E-state index in [1.165, 1.54) is 5.56 Å². The number of amides is 1. The molecule has 1 aromatic heterocycles. The molecule has 4 rings (SSSR count). The van der Waals surface area contributed by atoms with Gasteiger partial charge in [0.2, 0.25) is 0 Å². The molecule has 1 atom stereocenters. The molecule has 0 bridgehead atoms. The van der Waals surface area contributed by atoms with Gasteiger partial charge in [-0.05, 0) is 25.0 Å². The van der Waals surface area contributed by atoms with Crippen molar-refractivity contribution in [1.29, 1.82) is 0 Å². The lowest BCUT2D eigenvalue weighted by molar-refractivity contribution is 0.0975. The minimum Gasteiger partial charge on any atom is -0.312 e. The highest BCUT2D eigenvalue weighted by Gasteiger charge is 2.34. The quantitative estimate of drug-likeness (QED) is 0.836. The van der Waals surface area contributed by atoms with Crippen molar-refractivity contribution in [3.05, 3.63) is 46.8 Å². The Morgan fingerprint density at radius 3 is 3.14 bits per heavy atom. The smallest absolute Gasteiger partial charge is 0.279 e. The van der Waals surface area contributed by atoms with Gasteiger partial charge in [-0.15, -0.1) is 0 Å². The van der Waals surface area contributed by atoms with Gasteiger partial charge in [0, 0.05) is 42.5 Å². The third kappa shape index (κ3) is 1.88. The first-order chi connectivity index (χ1) is 10.3. The number of para-hydroxylation sites is 1. The van der Waals surface area contributed by atoms with E-state index in [9.17, 15) is 4.79 Å². The molecule has 3 heterocycles. The molecule has 1 amide bonds. The fourth-order valence-corrected chi connectivity index (χ4v) is 3.39. The van der Waals surface area contributed by atoms with Crippen molar-refractivity contribution in [1.82, 2.24) is 15.5 Å². The lowest BCUT2D eigenvalue weighted by atomic mass is 10.1. The fourth-order valence-electron chi connectivity index (χ4n) is 3.39. The van der Waals surface area contributed by atoms with Gasteiger partial charge in [0.15, 0.2) is 5.69 Å². The summed E-state index contributed by atoms with van der Waals surface area (Å²) < 4.78 is 0. The summed E-state index contributed by atoms with van der Waals surface area (Å²) in [5.74, 6) is 0.00801. The van der Waals surface area contributed by atoms with Crippen LogP contribution in [0.4, 0.5) is 5.69 Å². The van der Waals surface area contributed by atoms with Gasteiger partial charge >= 0.3 is 0 Å². The predicted molar refractivity (Wildman–Crippen MR) is 80.4 cm³/mol. The van der Waals surface area contributed by atoms with E-state index in [2.05, 4.69) is 28.5 Å². The molecule has 0 saturated carbocycles. The summed E-state index contributed by atoms with van der Waals surface area (Å²) in [4.78, 5) is 14.9. The maximum atomic E-state index is 13.0. The topological polar surface area (TPSA) is 61.0 Å². The molecule has 21 heavy (non-hydrogen) atoms. The van der Waals surface area contributed by atoms with Crippen LogP contribution in [0.25, 0.3) is 0 Å². The number of hydrogen-bond donors (Lipinski definition) is 2. The van der Waals surface area contributed by atoms with E-state index in [1.54, 1.807) is 0 Å². The minimum atomic E-state index is 0.00801. The van der Waals surface area contributed by atoms with Crippen molar-refractivity contribution in [2.24, 2.45) is 0 Å². The number of H-pyrrole nitrogens is 1. The van der Waals surface area contributed by atoms with Crippen LogP contribution >= 0.6 is 0 Å².